The number of amides is 1. The smallest absolute Gasteiger partial charge is 0.278 e. The standard InChI is InChI=1S/C25H28N4O4S/c1-5-11-29-24(31)23-22(19-13-18(33-4)9-10-20(19)28(23)2)27-25(29)34-15-21(30)26-14-16-7-6-8-17(12-16)32-3/h6-10,12-13H,5,11,14-15H2,1-4H3,(H,26,30). The normalized spacial score (nSPS) is 11.2. The predicted octanol–water partition coefficient (Wildman–Crippen LogP) is 3.72. The molecule has 9 heteroatoms. The molecule has 0 aliphatic heterocycles. The van der Waals surface area contributed by atoms with Crippen molar-refractivity contribution >= 4 is 39.6 Å². The molecule has 0 radical (unpaired) electrons. The number of fused-ring (bicyclic) bond motifs is 3. The van der Waals surface area contributed by atoms with E-state index in [9.17, 15) is 9.59 Å². The molecule has 2 aromatic heterocycles. The lowest BCUT2D eigenvalue weighted by molar-refractivity contribution is -0.118. The molecule has 0 saturated heterocycles. The Balaban J connectivity index is 1.61. The maximum atomic E-state index is 13.4. The molecule has 4 rings (SSSR count). The Morgan fingerprint density at radius 3 is 2.62 bits per heavy atom. The van der Waals surface area contributed by atoms with Crippen molar-refractivity contribution in [2.75, 3.05) is 20.0 Å². The van der Waals surface area contributed by atoms with E-state index in [0.29, 0.717) is 35.0 Å². The zero-order valence-corrected chi connectivity index (χ0v) is 20.6. The summed E-state index contributed by atoms with van der Waals surface area (Å²) >= 11 is 1.27. The SMILES string of the molecule is CCCn1c(SCC(=O)NCc2cccc(OC)c2)nc2c3cc(OC)ccc3n(C)c2c1=O. The van der Waals surface area contributed by atoms with Crippen molar-refractivity contribution in [2.45, 2.75) is 31.6 Å². The van der Waals surface area contributed by atoms with Gasteiger partial charge in [0, 0.05) is 25.5 Å². The van der Waals surface area contributed by atoms with Crippen LogP contribution < -0.4 is 20.3 Å². The van der Waals surface area contributed by atoms with Gasteiger partial charge in [0.25, 0.3) is 5.56 Å². The van der Waals surface area contributed by atoms with Crippen molar-refractivity contribution in [2.24, 2.45) is 7.05 Å². The second kappa shape index (κ2) is 10.2. The highest BCUT2D eigenvalue weighted by molar-refractivity contribution is 7.99. The lowest BCUT2D eigenvalue weighted by Gasteiger charge is -2.12. The zero-order valence-electron chi connectivity index (χ0n) is 19.8. The van der Waals surface area contributed by atoms with Crippen molar-refractivity contribution in [3.8, 4) is 11.5 Å². The molecule has 2 aromatic carbocycles. The highest BCUT2D eigenvalue weighted by Gasteiger charge is 2.19. The summed E-state index contributed by atoms with van der Waals surface area (Å²) in [5.74, 6) is 1.46. The van der Waals surface area contributed by atoms with Gasteiger partial charge in [-0.3, -0.25) is 14.2 Å². The van der Waals surface area contributed by atoms with Crippen LogP contribution in [0, 0.1) is 0 Å². The topological polar surface area (TPSA) is 87.4 Å². The van der Waals surface area contributed by atoms with Crippen LogP contribution in [0.4, 0.5) is 0 Å². The number of hydrogen-bond acceptors (Lipinski definition) is 6. The molecular weight excluding hydrogens is 452 g/mol. The van der Waals surface area contributed by atoms with Crippen LogP contribution in [0.25, 0.3) is 21.9 Å². The Morgan fingerprint density at radius 1 is 1.12 bits per heavy atom. The summed E-state index contributed by atoms with van der Waals surface area (Å²) in [6, 6.07) is 13.3. The van der Waals surface area contributed by atoms with E-state index >= 15 is 0 Å². The number of ether oxygens (including phenoxy) is 2. The fourth-order valence-corrected chi connectivity index (χ4v) is 4.80. The average molecular weight is 481 g/mol. The van der Waals surface area contributed by atoms with Crippen LogP contribution >= 0.6 is 11.8 Å². The third-order valence-corrected chi connectivity index (χ3v) is 6.65. The molecular formula is C25H28N4O4S. The van der Waals surface area contributed by atoms with Gasteiger partial charge in [0.2, 0.25) is 5.91 Å². The van der Waals surface area contributed by atoms with Gasteiger partial charge < -0.3 is 19.4 Å². The minimum absolute atomic E-state index is 0.108. The zero-order chi connectivity index (χ0) is 24.2. The Morgan fingerprint density at radius 2 is 1.88 bits per heavy atom. The summed E-state index contributed by atoms with van der Waals surface area (Å²) in [6.45, 7) is 2.94. The third-order valence-electron chi connectivity index (χ3n) is 5.67. The lowest BCUT2D eigenvalue weighted by Crippen LogP contribution is -2.27. The van der Waals surface area contributed by atoms with Gasteiger partial charge in [-0.1, -0.05) is 30.8 Å². The maximum absolute atomic E-state index is 13.4. The van der Waals surface area contributed by atoms with Crippen LogP contribution in [-0.2, 0) is 24.9 Å². The number of aromatic nitrogens is 3. The quantitative estimate of drug-likeness (QED) is 0.290. The van der Waals surface area contributed by atoms with Crippen molar-refractivity contribution in [1.82, 2.24) is 19.4 Å². The molecule has 0 unspecified atom stereocenters. The Hall–Kier alpha value is -3.46. The van der Waals surface area contributed by atoms with Crippen LogP contribution in [0.15, 0.2) is 52.4 Å². The van der Waals surface area contributed by atoms with Gasteiger partial charge in [-0.15, -0.1) is 0 Å². The fraction of sp³-hybridized carbons (Fsp3) is 0.320. The predicted molar refractivity (Wildman–Crippen MR) is 135 cm³/mol. The van der Waals surface area contributed by atoms with E-state index in [1.165, 1.54) is 11.8 Å². The van der Waals surface area contributed by atoms with Crippen LogP contribution in [0.5, 0.6) is 11.5 Å². The number of hydrogen-bond donors (Lipinski definition) is 1. The first-order valence-electron chi connectivity index (χ1n) is 11.1. The van der Waals surface area contributed by atoms with Crippen molar-refractivity contribution in [3.05, 3.63) is 58.4 Å². The van der Waals surface area contributed by atoms with Crippen molar-refractivity contribution in [3.63, 3.8) is 0 Å². The number of benzene rings is 2. The summed E-state index contributed by atoms with van der Waals surface area (Å²) in [4.78, 5) is 30.9. The number of rotatable bonds is 9. The van der Waals surface area contributed by atoms with Crippen molar-refractivity contribution < 1.29 is 14.3 Å². The number of thioether (sulfide) groups is 1. The highest BCUT2D eigenvalue weighted by atomic mass is 32.2. The number of methoxy groups -OCH3 is 2. The van der Waals surface area contributed by atoms with Gasteiger partial charge in [0.05, 0.1) is 25.5 Å². The molecule has 2 heterocycles. The third kappa shape index (κ3) is 4.61. The summed E-state index contributed by atoms with van der Waals surface area (Å²) < 4.78 is 14.1. The molecule has 34 heavy (non-hydrogen) atoms. The first kappa shape index (κ1) is 23.7. The average Bonchev–Trinajstić information content (AvgIpc) is 3.14. The summed E-state index contributed by atoms with van der Waals surface area (Å²) in [6.07, 6.45) is 0.778. The molecule has 1 amide bonds. The molecule has 0 saturated carbocycles. The van der Waals surface area contributed by atoms with Gasteiger partial charge in [-0.2, -0.15) is 0 Å². The number of carbonyl (C=O) groups is 1. The fourth-order valence-electron chi connectivity index (χ4n) is 3.95. The largest absolute Gasteiger partial charge is 0.497 e. The monoisotopic (exact) mass is 480 g/mol. The minimum atomic E-state index is -0.134. The molecule has 0 spiro atoms. The summed E-state index contributed by atoms with van der Waals surface area (Å²) in [7, 11) is 5.09. The maximum Gasteiger partial charge on any atom is 0.278 e. The minimum Gasteiger partial charge on any atom is -0.497 e. The van der Waals surface area contributed by atoms with E-state index in [-0.39, 0.29) is 17.2 Å². The Kier molecular flexibility index (Phi) is 7.12. The van der Waals surface area contributed by atoms with Crippen LogP contribution in [0.1, 0.15) is 18.9 Å². The first-order valence-corrected chi connectivity index (χ1v) is 12.0. The van der Waals surface area contributed by atoms with Crippen molar-refractivity contribution in [1.29, 1.82) is 0 Å². The second-order valence-corrected chi connectivity index (χ2v) is 8.85. The molecule has 0 atom stereocenters. The number of nitrogens with zero attached hydrogens (tertiary/aromatic N) is 3. The molecule has 0 bridgehead atoms. The van der Waals surface area contributed by atoms with E-state index in [2.05, 4.69) is 5.32 Å². The van der Waals surface area contributed by atoms with Gasteiger partial charge in [-0.25, -0.2) is 4.98 Å². The molecule has 4 aromatic rings. The molecule has 178 valence electrons. The number of carbonyl (C=O) groups excluding carboxylic acids is 1. The number of aryl methyl sites for hydroxylation is 1. The molecule has 1 N–H and O–H groups in total. The summed E-state index contributed by atoms with van der Waals surface area (Å²) in [5, 5.41) is 4.30. The molecule has 8 nitrogen and oxygen atoms in total. The van der Waals surface area contributed by atoms with Crippen LogP contribution in [0.3, 0.4) is 0 Å². The lowest BCUT2D eigenvalue weighted by atomic mass is 10.2. The van der Waals surface area contributed by atoms with Gasteiger partial charge in [0.15, 0.2) is 5.16 Å². The van der Waals surface area contributed by atoms with E-state index in [0.717, 1.165) is 28.6 Å². The summed E-state index contributed by atoms with van der Waals surface area (Å²) in [5.41, 5.74) is 2.91. The first-order chi connectivity index (χ1) is 16.5. The van der Waals surface area contributed by atoms with Gasteiger partial charge in [0.1, 0.15) is 22.5 Å². The van der Waals surface area contributed by atoms with E-state index in [4.69, 9.17) is 14.5 Å². The second-order valence-electron chi connectivity index (χ2n) is 7.91. The Bertz CT molecular complexity index is 1410. The van der Waals surface area contributed by atoms with E-state index < -0.39 is 0 Å². The Labute approximate surface area is 201 Å². The molecule has 0 aliphatic carbocycles. The highest BCUT2D eigenvalue weighted by Crippen LogP contribution is 2.30. The van der Waals surface area contributed by atoms with Gasteiger partial charge in [-0.05, 0) is 42.3 Å². The molecule has 0 aliphatic rings. The molecule has 0 fully saturated rings. The van der Waals surface area contributed by atoms with Crippen LogP contribution in [0.2, 0.25) is 0 Å². The number of nitrogens with one attached hydrogen (secondary N) is 1. The van der Waals surface area contributed by atoms with E-state index in [1.807, 2.05) is 61.0 Å². The van der Waals surface area contributed by atoms with Gasteiger partial charge >= 0.3 is 0 Å². The van der Waals surface area contributed by atoms with E-state index in [1.54, 1.807) is 18.8 Å². The van der Waals surface area contributed by atoms with Crippen LogP contribution in [-0.4, -0.2) is 40.0 Å².